The van der Waals surface area contributed by atoms with E-state index in [4.69, 9.17) is 14.2 Å². The van der Waals surface area contributed by atoms with Crippen LogP contribution in [0.4, 0.5) is 9.18 Å². The van der Waals surface area contributed by atoms with Crippen LogP contribution in [0.3, 0.4) is 0 Å². The van der Waals surface area contributed by atoms with Crippen molar-refractivity contribution in [2.75, 3.05) is 20.3 Å². The minimum Gasteiger partial charge on any atom is -0.469 e. The van der Waals surface area contributed by atoms with E-state index in [2.05, 4.69) is 0 Å². The van der Waals surface area contributed by atoms with E-state index in [0.717, 1.165) is 25.7 Å². The van der Waals surface area contributed by atoms with Gasteiger partial charge in [0.1, 0.15) is 11.8 Å². The van der Waals surface area contributed by atoms with Crippen molar-refractivity contribution in [3.63, 3.8) is 0 Å². The molecule has 0 unspecified atom stereocenters. The number of hydrogen-bond acceptors (Lipinski definition) is 5. The Kier molecular flexibility index (Phi) is 6.65. The number of nitrogens with zero attached hydrogens (tertiary/aromatic N) is 1. The van der Waals surface area contributed by atoms with Gasteiger partial charge in [0.05, 0.1) is 38.3 Å². The summed E-state index contributed by atoms with van der Waals surface area (Å²) in [5, 5.41) is 0. The van der Waals surface area contributed by atoms with Crippen molar-refractivity contribution < 1.29 is 28.2 Å². The zero-order chi connectivity index (χ0) is 18.6. The van der Waals surface area contributed by atoms with Crippen LogP contribution >= 0.6 is 0 Å². The number of halogens is 1. The van der Waals surface area contributed by atoms with E-state index in [9.17, 15) is 14.0 Å². The number of ether oxygens (including phenoxy) is 3. The number of rotatable bonds is 4. The normalized spacial score (nSPS) is 30.2. The van der Waals surface area contributed by atoms with E-state index in [1.54, 1.807) is 20.8 Å². The summed E-state index contributed by atoms with van der Waals surface area (Å²) in [5.41, 5.74) is -0.608. The highest BCUT2D eigenvalue weighted by atomic mass is 19.1. The third-order valence-corrected chi connectivity index (χ3v) is 4.72. The standard InChI is InChI=1S/C18H30FNO5/c1-18(2,3)25-17(22)20-10-13(19)9-14(20)11-24-15-7-5-12(6-8-15)16(21)23-4/h12-15H,5-11H2,1-4H3/t12?,13-,14-,15?/m0/s1. The van der Waals surface area contributed by atoms with Gasteiger partial charge in [-0.1, -0.05) is 0 Å². The molecule has 0 aromatic rings. The molecule has 1 aliphatic heterocycles. The van der Waals surface area contributed by atoms with Crippen LogP contribution in [0, 0.1) is 5.92 Å². The van der Waals surface area contributed by atoms with Gasteiger partial charge in [-0.05, 0) is 46.5 Å². The minimum atomic E-state index is -1.05. The van der Waals surface area contributed by atoms with Crippen molar-refractivity contribution in [2.24, 2.45) is 5.92 Å². The van der Waals surface area contributed by atoms with Crippen LogP contribution in [0.1, 0.15) is 52.9 Å². The van der Waals surface area contributed by atoms with E-state index in [0.29, 0.717) is 6.61 Å². The number of carbonyl (C=O) groups is 2. The molecule has 0 aromatic heterocycles. The molecule has 1 saturated heterocycles. The van der Waals surface area contributed by atoms with Gasteiger partial charge in [0.15, 0.2) is 0 Å². The molecule has 1 aliphatic carbocycles. The number of esters is 1. The molecule has 2 atom stereocenters. The van der Waals surface area contributed by atoms with Crippen LogP contribution in [0.15, 0.2) is 0 Å². The van der Waals surface area contributed by atoms with Crippen molar-refractivity contribution >= 4 is 12.1 Å². The number of methoxy groups -OCH3 is 1. The third-order valence-electron chi connectivity index (χ3n) is 4.72. The lowest BCUT2D eigenvalue weighted by Crippen LogP contribution is -2.42. The first-order valence-electron chi connectivity index (χ1n) is 9.02. The summed E-state index contributed by atoms with van der Waals surface area (Å²) in [6.07, 6.45) is 1.81. The summed E-state index contributed by atoms with van der Waals surface area (Å²) in [6.45, 7) is 5.72. The Balaban J connectivity index is 1.81. The SMILES string of the molecule is COC(=O)C1CCC(OC[C@@H]2C[C@H](F)CN2C(=O)OC(C)(C)C)CC1. The van der Waals surface area contributed by atoms with Crippen LogP contribution < -0.4 is 0 Å². The van der Waals surface area contributed by atoms with Gasteiger partial charge < -0.3 is 14.2 Å². The fourth-order valence-corrected chi connectivity index (χ4v) is 3.44. The van der Waals surface area contributed by atoms with E-state index < -0.39 is 17.9 Å². The molecule has 25 heavy (non-hydrogen) atoms. The Labute approximate surface area is 149 Å². The van der Waals surface area contributed by atoms with E-state index >= 15 is 0 Å². The Hall–Kier alpha value is -1.37. The first-order valence-corrected chi connectivity index (χ1v) is 9.02. The number of hydrogen-bond donors (Lipinski definition) is 0. The molecule has 2 aliphatic rings. The van der Waals surface area contributed by atoms with Crippen molar-refractivity contribution in [1.29, 1.82) is 0 Å². The summed E-state index contributed by atoms with van der Waals surface area (Å²) < 4.78 is 29.9. The van der Waals surface area contributed by atoms with Crippen LogP contribution in [-0.2, 0) is 19.0 Å². The molecule has 144 valence electrons. The smallest absolute Gasteiger partial charge is 0.410 e. The summed E-state index contributed by atoms with van der Waals surface area (Å²) in [4.78, 5) is 25.2. The van der Waals surface area contributed by atoms with Crippen LogP contribution in [-0.4, -0.2) is 61.1 Å². The molecule has 0 aromatic carbocycles. The van der Waals surface area contributed by atoms with Gasteiger partial charge in [-0.2, -0.15) is 0 Å². The van der Waals surface area contributed by atoms with Gasteiger partial charge in [-0.25, -0.2) is 9.18 Å². The van der Waals surface area contributed by atoms with Gasteiger partial charge in [0.25, 0.3) is 0 Å². The molecule has 1 amide bonds. The largest absolute Gasteiger partial charge is 0.469 e. The first kappa shape index (κ1) is 19.9. The fraction of sp³-hybridized carbons (Fsp3) is 0.889. The number of alkyl halides is 1. The third kappa shape index (κ3) is 5.83. The van der Waals surface area contributed by atoms with Gasteiger partial charge in [0.2, 0.25) is 0 Å². The van der Waals surface area contributed by atoms with Gasteiger partial charge >= 0.3 is 12.1 Å². The lowest BCUT2D eigenvalue weighted by molar-refractivity contribution is -0.147. The monoisotopic (exact) mass is 359 g/mol. The van der Waals surface area contributed by atoms with Crippen molar-refractivity contribution in [3.05, 3.63) is 0 Å². The van der Waals surface area contributed by atoms with Gasteiger partial charge in [-0.3, -0.25) is 9.69 Å². The second kappa shape index (κ2) is 8.34. The fourth-order valence-electron chi connectivity index (χ4n) is 3.44. The van der Waals surface area contributed by atoms with Crippen molar-refractivity contribution in [1.82, 2.24) is 4.90 Å². The molecule has 0 N–H and O–H groups in total. The lowest BCUT2D eigenvalue weighted by Gasteiger charge is -2.31. The summed E-state index contributed by atoms with van der Waals surface area (Å²) in [7, 11) is 1.41. The molecule has 6 nitrogen and oxygen atoms in total. The van der Waals surface area contributed by atoms with Gasteiger partial charge in [0, 0.05) is 6.42 Å². The van der Waals surface area contributed by atoms with Gasteiger partial charge in [-0.15, -0.1) is 0 Å². The molecule has 0 radical (unpaired) electrons. The highest BCUT2D eigenvalue weighted by Gasteiger charge is 2.38. The van der Waals surface area contributed by atoms with Crippen molar-refractivity contribution in [2.45, 2.75) is 76.8 Å². The molecular formula is C18H30FNO5. The van der Waals surface area contributed by atoms with Crippen LogP contribution in [0.25, 0.3) is 0 Å². The average Bonchev–Trinajstić information content (AvgIpc) is 2.92. The maximum absolute atomic E-state index is 13.8. The predicted octanol–water partition coefficient (Wildman–Crippen LogP) is 3.08. The minimum absolute atomic E-state index is 0.0417. The molecule has 1 heterocycles. The Morgan fingerprint density at radius 3 is 2.36 bits per heavy atom. The maximum Gasteiger partial charge on any atom is 0.410 e. The molecule has 1 saturated carbocycles. The molecule has 0 spiro atoms. The molecule has 2 fully saturated rings. The number of carbonyl (C=O) groups excluding carboxylic acids is 2. The van der Waals surface area contributed by atoms with E-state index in [1.807, 2.05) is 0 Å². The predicted molar refractivity (Wildman–Crippen MR) is 90.0 cm³/mol. The summed E-state index contributed by atoms with van der Waals surface area (Å²) in [5.74, 6) is -0.213. The van der Waals surface area contributed by atoms with Crippen molar-refractivity contribution in [3.8, 4) is 0 Å². The van der Waals surface area contributed by atoms with E-state index in [1.165, 1.54) is 12.0 Å². The molecule has 2 rings (SSSR count). The molecule has 7 heteroatoms. The number of amides is 1. The second-order valence-corrected chi connectivity index (χ2v) is 7.95. The number of likely N-dealkylation sites (tertiary alicyclic amines) is 1. The Bertz CT molecular complexity index is 471. The first-order chi connectivity index (χ1) is 11.7. The summed E-state index contributed by atoms with van der Waals surface area (Å²) >= 11 is 0. The Morgan fingerprint density at radius 1 is 1.16 bits per heavy atom. The molecular weight excluding hydrogens is 329 g/mol. The topological polar surface area (TPSA) is 65.1 Å². The zero-order valence-corrected chi connectivity index (χ0v) is 15.6. The second-order valence-electron chi connectivity index (χ2n) is 7.95. The molecule has 0 bridgehead atoms. The highest BCUT2D eigenvalue weighted by molar-refractivity contribution is 5.72. The summed E-state index contributed by atoms with van der Waals surface area (Å²) in [6, 6.07) is -0.303. The quantitative estimate of drug-likeness (QED) is 0.722. The Morgan fingerprint density at radius 2 is 1.80 bits per heavy atom. The van der Waals surface area contributed by atoms with E-state index in [-0.39, 0.29) is 37.0 Å². The zero-order valence-electron chi connectivity index (χ0n) is 15.6. The lowest BCUT2D eigenvalue weighted by atomic mass is 9.87. The maximum atomic E-state index is 13.8. The average molecular weight is 359 g/mol. The van der Waals surface area contributed by atoms with Crippen LogP contribution in [0.5, 0.6) is 0 Å². The van der Waals surface area contributed by atoms with Crippen LogP contribution in [0.2, 0.25) is 0 Å². The highest BCUT2D eigenvalue weighted by Crippen LogP contribution is 2.29.